The fourth-order valence-electron chi connectivity index (χ4n) is 3.68. The predicted molar refractivity (Wildman–Crippen MR) is 115 cm³/mol. The Hall–Kier alpha value is -2.76. The molecule has 1 heterocycles. The summed E-state index contributed by atoms with van der Waals surface area (Å²) in [6.45, 7) is 1.24. The Bertz CT molecular complexity index is 1120. The lowest BCUT2D eigenvalue weighted by Crippen LogP contribution is -2.20. The standard InChI is InChI=1S/C23H18Cl2FNO3/c24-16-6-7-22(30-13-14-4-5-17(25)11-20(14)26)15(10-16)12-27-9-8-18-19(23(28)29)2-1-3-21(18)27/h1-7,10-11H,8-9,12-13H2,(H,28,29). The van der Waals surface area contributed by atoms with Gasteiger partial charge in [0.1, 0.15) is 18.2 Å². The molecular weight excluding hydrogens is 428 g/mol. The zero-order valence-electron chi connectivity index (χ0n) is 15.9. The summed E-state index contributed by atoms with van der Waals surface area (Å²) in [5.41, 5.74) is 3.29. The van der Waals surface area contributed by atoms with Gasteiger partial charge in [-0.1, -0.05) is 35.3 Å². The third-order valence-electron chi connectivity index (χ3n) is 5.14. The fraction of sp³-hybridized carbons (Fsp3) is 0.174. The number of rotatable bonds is 6. The van der Waals surface area contributed by atoms with E-state index in [1.165, 1.54) is 6.07 Å². The zero-order valence-corrected chi connectivity index (χ0v) is 17.4. The molecule has 4 nitrogen and oxygen atoms in total. The highest BCUT2D eigenvalue weighted by Gasteiger charge is 2.25. The highest BCUT2D eigenvalue weighted by atomic mass is 35.5. The van der Waals surface area contributed by atoms with Gasteiger partial charge < -0.3 is 14.7 Å². The number of hydrogen-bond donors (Lipinski definition) is 1. The van der Waals surface area contributed by atoms with Crippen molar-refractivity contribution in [2.75, 3.05) is 11.4 Å². The molecule has 0 unspecified atom stereocenters. The van der Waals surface area contributed by atoms with Crippen molar-refractivity contribution in [1.82, 2.24) is 0 Å². The summed E-state index contributed by atoms with van der Waals surface area (Å²) in [6.07, 6.45) is 0.657. The van der Waals surface area contributed by atoms with Gasteiger partial charge in [-0.2, -0.15) is 0 Å². The van der Waals surface area contributed by atoms with E-state index >= 15 is 0 Å². The van der Waals surface area contributed by atoms with Crippen LogP contribution in [0.4, 0.5) is 10.1 Å². The SMILES string of the molecule is O=C(O)c1cccc2c1CCN2Cc1cc(Cl)ccc1OCc1ccc(Cl)cc1F. The van der Waals surface area contributed by atoms with E-state index < -0.39 is 11.8 Å². The second kappa shape index (κ2) is 8.54. The number of carboxylic acid groups (broad SMARTS) is 1. The number of ether oxygens (including phenoxy) is 1. The van der Waals surface area contributed by atoms with Gasteiger partial charge in [-0.15, -0.1) is 0 Å². The molecule has 1 aliphatic rings. The molecule has 0 amide bonds. The van der Waals surface area contributed by atoms with Crippen LogP contribution in [0, 0.1) is 5.82 Å². The number of aromatic carboxylic acids is 1. The van der Waals surface area contributed by atoms with Crippen molar-refractivity contribution in [3.05, 3.63) is 92.7 Å². The molecule has 0 fully saturated rings. The topological polar surface area (TPSA) is 49.8 Å². The van der Waals surface area contributed by atoms with E-state index in [1.54, 1.807) is 36.4 Å². The second-order valence-electron chi connectivity index (χ2n) is 7.06. The lowest BCUT2D eigenvalue weighted by atomic mass is 10.1. The molecule has 0 bridgehead atoms. The van der Waals surface area contributed by atoms with Crippen LogP contribution in [0.15, 0.2) is 54.6 Å². The normalized spacial score (nSPS) is 12.7. The zero-order chi connectivity index (χ0) is 21.3. The molecule has 3 aromatic carbocycles. The lowest BCUT2D eigenvalue weighted by Gasteiger charge is -2.22. The van der Waals surface area contributed by atoms with E-state index in [0.717, 1.165) is 16.8 Å². The number of nitrogens with zero attached hydrogens (tertiary/aromatic N) is 1. The van der Waals surface area contributed by atoms with E-state index in [9.17, 15) is 14.3 Å². The molecule has 7 heteroatoms. The van der Waals surface area contributed by atoms with Crippen molar-refractivity contribution >= 4 is 34.9 Å². The molecule has 0 radical (unpaired) electrons. The largest absolute Gasteiger partial charge is 0.488 e. The first-order chi connectivity index (χ1) is 14.4. The minimum Gasteiger partial charge on any atom is -0.488 e. The first-order valence-electron chi connectivity index (χ1n) is 9.37. The average molecular weight is 446 g/mol. The van der Waals surface area contributed by atoms with Gasteiger partial charge in [0, 0.05) is 39.9 Å². The molecule has 0 aromatic heterocycles. The van der Waals surface area contributed by atoms with Crippen LogP contribution in [0.2, 0.25) is 10.0 Å². The Labute approximate surface area is 183 Å². The molecule has 0 saturated heterocycles. The molecule has 154 valence electrons. The van der Waals surface area contributed by atoms with Gasteiger partial charge in [0.25, 0.3) is 0 Å². The summed E-state index contributed by atoms with van der Waals surface area (Å²) in [5, 5.41) is 10.3. The van der Waals surface area contributed by atoms with Gasteiger partial charge >= 0.3 is 5.97 Å². The van der Waals surface area contributed by atoms with Crippen LogP contribution < -0.4 is 9.64 Å². The van der Waals surface area contributed by atoms with E-state index in [2.05, 4.69) is 4.90 Å². The summed E-state index contributed by atoms with van der Waals surface area (Å²) < 4.78 is 20.0. The second-order valence-corrected chi connectivity index (χ2v) is 7.93. The lowest BCUT2D eigenvalue weighted by molar-refractivity contribution is 0.0696. The maximum atomic E-state index is 14.1. The highest BCUT2D eigenvalue weighted by molar-refractivity contribution is 6.30. The number of benzene rings is 3. The Morgan fingerprint density at radius 3 is 2.60 bits per heavy atom. The van der Waals surface area contributed by atoms with Crippen LogP contribution in [-0.2, 0) is 19.6 Å². The maximum absolute atomic E-state index is 14.1. The summed E-state index contributed by atoms with van der Waals surface area (Å²) in [5.74, 6) is -0.755. The van der Waals surface area contributed by atoms with Crippen molar-refractivity contribution in [3.63, 3.8) is 0 Å². The summed E-state index contributed by atoms with van der Waals surface area (Å²) in [7, 11) is 0. The number of carboxylic acids is 1. The minimum absolute atomic E-state index is 0.0530. The van der Waals surface area contributed by atoms with Crippen molar-refractivity contribution < 1.29 is 19.0 Å². The Morgan fingerprint density at radius 2 is 1.83 bits per heavy atom. The molecule has 1 N–H and O–H groups in total. The van der Waals surface area contributed by atoms with Crippen LogP contribution >= 0.6 is 23.2 Å². The van der Waals surface area contributed by atoms with E-state index in [4.69, 9.17) is 27.9 Å². The summed E-state index contributed by atoms with van der Waals surface area (Å²) in [4.78, 5) is 13.6. The summed E-state index contributed by atoms with van der Waals surface area (Å²) in [6, 6.07) is 15.1. The van der Waals surface area contributed by atoms with Crippen LogP contribution in [-0.4, -0.2) is 17.6 Å². The van der Waals surface area contributed by atoms with E-state index in [-0.39, 0.29) is 6.61 Å². The molecular formula is C23H18Cl2FNO3. The molecule has 0 saturated carbocycles. The van der Waals surface area contributed by atoms with Gasteiger partial charge in [-0.05, 0) is 54.4 Å². The van der Waals surface area contributed by atoms with Crippen LogP contribution in [0.1, 0.15) is 27.0 Å². The monoisotopic (exact) mass is 445 g/mol. The van der Waals surface area contributed by atoms with Gasteiger partial charge in [0.2, 0.25) is 0 Å². The van der Waals surface area contributed by atoms with Crippen LogP contribution in [0.25, 0.3) is 0 Å². The Balaban J connectivity index is 1.57. The predicted octanol–water partition coefficient (Wildman–Crippen LogP) is 5.97. The first kappa shape index (κ1) is 20.5. The maximum Gasteiger partial charge on any atom is 0.336 e. The number of carbonyl (C=O) groups is 1. The third-order valence-corrected chi connectivity index (χ3v) is 5.61. The molecule has 30 heavy (non-hydrogen) atoms. The van der Waals surface area contributed by atoms with Crippen molar-refractivity contribution in [3.8, 4) is 5.75 Å². The Morgan fingerprint density at radius 1 is 1.07 bits per heavy atom. The number of halogens is 3. The fourth-order valence-corrected chi connectivity index (χ4v) is 4.03. The van der Waals surface area contributed by atoms with Crippen molar-refractivity contribution in [1.29, 1.82) is 0 Å². The molecule has 1 aliphatic heterocycles. The smallest absolute Gasteiger partial charge is 0.336 e. The van der Waals surface area contributed by atoms with Gasteiger partial charge in [0.05, 0.1) is 5.56 Å². The quantitative estimate of drug-likeness (QED) is 0.507. The van der Waals surface area contributed by atoms with Gasteiger partial charge in [0.15, 0.2) is 0 Å². The molecule has 0 aliphatic carbocycles. The molecule has 3 aromatic rings. The molecule has 0 atom stereocenters. The number of hydrogen-bond acceptors (Lipinski definition) is 3. The van der Waals surface area contributed by atoms with E-state index in [1.807, 2.05) is 12.1 Å². The average Bonchev–Trinajstić information content (AvgIpc) is 3.11. The van der Waals surface area contributed by atoms with E-state index in [0.29, 0.717) is 46.4 Å². The minimum atomic E-state index is -0.925. The molecule has 0 spiro atoms. The third kappa shape index (κ3) is 4.23. The van der Waals surface area contributed by atoms with Gasteiger partial charge in [-0.25, -0.2) is 9.18 Å². The summed E-state index contributed by atoms with van der Waals surface area (Å²) >= 11 is 12.0. The number of fused-ring (bicyclic) bond motifs is 1. The van der Waals surface area contributed by atoms with Gasteiger partial charge in [-0.3, -0.25) is 0 Å². The Kier molecular flexibility index (Phi) is 5.84. The highest BCUT2D eigenvalue weighted by Crippen LogP contribution is 2.34. The van der Waals surface area contributed by atoms with Crippen molar-refractivity contribution in [2.45, 2.75) is 19.6 Å². The van der Waals surface area contributed by atoms with Crippen LogP contribution in [0.3, 0.4) is 0 Å². The first-order valence-corrected chi connectivity index (χ1v) is 10.1. The molecule has 4 rings (SSSR count). The number of anilines is 1. The van der Waals surface area contributed by atoms with Crippen molar-refractivity contribution in [2.24, 2.45) is 0 Å². The van der Waals surface area contributed by atoms with Crippen LogP contribution in [0.5, 0.6) is 5.75 Å².